The van der Waals surface area contributed by atoms with Gasteiger partial charge in [0.25, 0.3) is 0 Å². The van der Waals surface area contributed by atoms with Gasteiger partial charge in [-0.15, -0.1) is 13.1 Å². The largest absolute Gasteiger partial charge is 1.00 e. The number of hydrogen-bond acceptors (Lipinski definition) is 4. The minimum Gasteiger partial charge on any atom is -0.659 e. The van der Waals surface area contributed by atoms with Crippen LogP contribution >= 0.6 is 0 Å². The van der Waals surface area contributed by atoms with Crippen molar-refractivity contribution in [3.05, 3.63) is 35.1 Å². The molecular weight excluding hydrogens is 389 g/mol. The first-order valence-electron chi connectivity index (χ1n) is 11.1. The number of nitrogens with zero attached hydrogens (tertiary/aromatic N) is 2. The van der Waals surface area contributed by atoms with E-state index in [1.54, 1.807) is 0 Å². The van der Waals surface area contributed by atoms with E-state index in [1.807, 2.05) is 13.8 Å². The number of hydrogen-bond donors (Lipinski definition) is 1. The molecule has 0 atom stereocenters. The van der Waals surface area contributed by atoms with Crippen molar-refractivity contribution in [1.29, 1.82) is 0 Å². The minimum atomic E-state index is 0. The van der Waals surface area contributed by atoms with Crippen molar-refractivity contribution >= 4 is 5.69 Å². The van der Waals surface area contributed by atoms with Gasteiger partial charge in [0.2, 0.25) is 0 Å². The number of benzene rings is 1. The maximum absolute atomic E-state index is 5.59. The summed E-state index contributed by atoms with van der Waals surface area (Å²) in [6.07, 6.45) is 2.38. The number of rotatable bonds is 13. The van der Waals surface area contributed by atoms with Crippen molar-refractivity contribution in [3.8, 4) is 0 Å². The molecule has 0 radical (unpaired) electrons. The van der Waals surface area contributed by atoms with E-state index in [0.717, 1.165) is 64.8 Å². The summed E-state index contributed by atoms with van der Waals surface area (Å²) >= 11 is 0. The van der Waals surface area contributed by atoms with Crippen LogP contribution in [0.4, 0.5) is 5.69 Å². The standard InChI is InChI=1S/C21H36N3O2.C2H6.K/c1-19(2)4-3-14-25-16-17-26-15-11-23-18-20-5-7-21(8-6-20)24-12-9-22-10-13-24;1-2;/h5-8,19,23H,3-4,9-18H2,1-2H3;1-2H3;/q-1;;+1. The van der Waals surface area contributed by atoms with Crippen molar-refractivity contribution < 1.29 is 60.9 Å². The monoisotopic (exact) mass is 431 g/mol. The first-order chi connectivity index (χ1) is 13.8. The molecule has 1 aromatic carbocycles. The van der Waals surface area contributed by atoms with Gasteiger partial charge in [-0.3, -0.25) is 0 Å². The first-order valence-corrected chi connectivity index (χ1v) is 11.1. The molecule has 1 saturated heterocycles. The Morgan fingerprint density at radius 2 is 1.59 bits per heavy atom. The number of piperazine rings is 1. The van der Waals surface area contributed by atoms with E-state index in [9.17, 15) is 0 Å². The molecule has 1 aliphatic heterocycles. The number of ether oxygens (including phenoxy) is 2. The smallest absolute Gasteiger partial charge is 0.659 e. The van der Waals surface area contributed by atoms with Crippen LogP contribution in [0, 0.1) is 5.92 Å². The van der Waals surface area contributed by atoms with Gasteiger partial charge in [-0.25, -0.2) is 0 Å². The summed E-state index contributed by atoms with van der Waals surface area (Å²) in [5.41, 5.74) is 2.62. The van der Waals surface area contributed by atoms with Gasteiger partial charge in [-0.2, -0.15) is 0 Å². The Morgan fingerprint density at radius 1 is 0.966 bits per heavy atom. The number of nitrogens with one attached hydrogen (secondary N) is 1. The molecule has 6 heteroatoms. The molecule has 1 N–H and O–H groups in total. The summed E-state index contributed by atoms with van der Waals surface area (Å²) < 4.78 is 11.2. The minimum absolute atomic E-state index is 0. The molecule has 0 unspecified atom stereocenters. The molecule has 1 heterocycles. The molecule has 0 bridgehead atoms. The molecule has 2 rings (SSSR count). The van der Waals surface area contributed by atoms with Gasteiger partial charge in [-0.1, -0.05) is 39.8 Å². The van der Waals surface area contributed by atoms with Gasteiger partial charge >= 0.3 is 51.4 Å². The average Bonchev–Trinajstić information content (AvgIpc) is 2.74. The zero-order chi connectivity index (χ0) is 20.5. The molecule has 0 aliphatic carbocycles. The Bertz CT molecular complexity index is 466. The van der Waals surface area contributed by atoms with Gasteiger partial charge in [0.15, 0.2) is 0 Å². The SMILES string of the molecule is CC.CC(C)CCCOCCOCCNCc1ccc(N2CC[N-]CC2)cc1.[K+]. The fourth-order valence-electron chi connectivity index (χ4n) is 2.98. The second kappa shape index (κ2) is 20.4. The summed E-state index contributed by atoms with van der Waals surface area (Å²) in [5.74, 6) is 0.762. The predicted molar refractivity (Wildman–Crippen MR) is 121 cm³/mol. The first kappa shape index (κ1) is 29.5. The van der Waals surface area contributed by atoms with Crippen LogP contribution in [-0.4, -0.2) is 59.2 Å². The Morgan fingerprint density at radius 3 is 2.21 bits per heavy atom. The van der Waals surface area contributed by atoms with Crippen LogP contribution < -0.4 is 61.6 Å². The second-order valence-electron chi connectivity index (χ2n) is 7.26. The zero-order valence-electron chi connectivity index (χ0n) is 19.6. The van der Waals surface area contributed by atoms with Crippen LogP contribution in [0.5, 0.6) is 0 Å². The van der Waals surface area contributed by atoms with E-state index in [2.05, 4.69) is 53.6 Å². The topological polar surface area (TPSA) is 47.8 Å². The van der Waals surface area contributed by atoms with Crippen LogP contribution in [0.15, 0.2) is 24.3 Å². The van der Waals surface area contributed by atoms with E-state index >= 15 is 0 Å². The van der Waals surface area contributed by atoms with E-state index in [4.69, 9.17) is 9.47 Å². The van der Waals surface area contributed by atoms with E-state index in [0.29, 0.717) is 13.2 Å². The molecule has 29 heavy (non-hydrogen) atoms. The maximum Gasteiger partial charge on any atom is 1.00 e. The molecule has 162 valence electrons. The van der Waals surface area contributed by atoms with E-state index in [-0.39, 0.29) is 51.4 Å². The van der Waals surface area contributed by atoms with Crippen molar-refractivity contribution in [2.75, 3.05) is 64.1 Å². The molecule has 1 fully saturated rings. The molecule has 5 nitrogen and oxygen atoms in total. The summed E-state index contributed by atoms with van der Waals surface area (Å²) in [4.78, 5) is 2.41. The molecule has 1 aliphatic rings. The average molecular weight is 432 g/mol. The summed E-state index contributed by atoms with van der Waals surface area (Å²) in [6.45, 7) is 17.2. The predicted octanol–water partition coefficient (Wildman–Crippen LogP) is 1.47. The van der Waals surface area contributed by atoms with Crippen molar-refractivity contribution in [1.82, 2.24) is 5.32 Å². The quantitative estimate of drug-likeness (QED) is 0.380. The third kappa shape index (κ3) is 15.0. The fourth-order valence-corrected chi connectivity index (χ4v) is 2.98. The normalized spacial score (nSPS) is 13.6. The van der Waals surface area contributed by atoms with Crippen LogP contribution in [0.3, 0.4) is 0 Å². The maximum atomic E-state index is 5.59. The molecule has 0 amide bonds. The Labute approximate surface area is 222 Å². The van der Waals surface area contributed by atoms with Crippen LogP contribution in [0.1, 0.15) is 46.1 Å². The molecule has 0 aromatic heterocycles. The molecule has 1 aromatic rings. The zero-order valence-corrected chi connectivity index (χ0v) is 22.7. The van der Waals surface area contributed by atoms with Gasteiger partial charge in [0.05, 0.1) is 19.8 Å². The van der Waals surface area contributed by atoms with Gasteiger partial charge in [0.1, 0.15) is 0 Å². The Hall–Kier alpha value is 0.496. The Balaban J connectivity index is 0.00000253. The van der Waals surface area contributed by atoms with Crippen LogP contribution in [0.2, 0.25) is 0 Å². The van der Waals surface area contributed by atoms with Gasteiger partial charge in [0, 0.05) is 25.4 Å². The van der Waals surface area contributed by atoms with Crippen LogP contribution in [0.25, 0.3) is 5.32 Å². The van der Waals surface area contributed by atoms with Gasteiger partial charge < -0.3 is 25.0 Å². The third-order valence-corrected chi connectivity index (χ3v) is 4.55. The molecule has 0 saturated carbocycles. The van der Waals surface area contributed by atoms with Crippen LogP contribution in [-0.2, 0) is 16.0 Å². The molecular formula is C23H42KN3O2. The van der Waals surface area contributed by atoms with Crippen molar-refractivity contribution in [2.24, 2.45) is 5.92 Å². The third-order valence-electron chi connectivity index (χ3n) is 4.55. The second-order valence-corrected chi connectivity index (χ2v) is 7.26. The fraction of sp³-hybridized carbons (Fsp3) is 0.739. The van der Waals surface area contributed by atoms with Gasteiger partial charge in [-0.05, 0) is 49.5 Å². The molecule has 0 spiro atoms. The summed E-state index contributed by atoms with van der Waals surface area (Å²) in [7, 11) is 0. The van der Waals surface area contributed by atoms with E-state index < -0.39 is 0 Å². The van der Waals surface area contributed by atoms with Crippen molar-refractivity contribution in [3.63, 3.8) is 0 Å². The summed E-state index contributed by atoms with van der Waals surface area (Å²) in [5, 5.41) is 7.82. The summed E-state index contributed by atoms with van der Waals surface area (Å²) in [6, 6.07) is 8.85. The number of anilines is 1. The van der Waals surface area contributed by atoms with E-state index in [1.165, 1.54) is 17.7 Å². The van der Waals surface area contributed by atoms with Crippen molar-refractivity contribution in [2.45, 2.75) is 47.1 Å². The Kier molecular flexibility index (Phi) is 20.8.